The smallest absolute Gasteiger partial charge is 0.154 e. The van der Waals surface area contributed by atoms with Gasteiger partial charge in [-0.3, -0.25) is 4.98 Å². The molecule has 0 aliphatic rings. The molecule has 7 heteroatoms. The largest absolute Gasteiger partial charge is 0.493 e. The third-order valence-corrected chi connectivity index (χ3v) is 4.36. The summed E-state index contributed by atoms with van der Waals surface area (Å²) in [6, 6.07) is 9.46. The molecule has 130 valence electrons. The van der Waals surface area contributed by atoms with Crippen molar-refractivity contribution in [2.75, 3.05) is 20.3 Å². The van der Waals surface area contributed by atoms with Gasteiger partial charge in [0.25, 0.3) is 0 Å². The van der Waals surface area contributed by atoms with Crippen LogP contribution in [0.25, 0.3) is 11.0 Å². The van der Waals surface area contributed by atoms with Gasteiger partial charge in [0.15, 0.2) is 5.82 Å². The number of aromatic nitrogens is 3. The number of rotatable bonds is 7. The number of H-pyrrole nitrogens is 1. The van der Waals surface area contributed by atoms with Gasteiger partial charge in [-0.1, -0.05) is 12.1 Å². The van der Waals surface area contributed by atoms with Crippen LogP contribution in [0.15, 0.2) is 36.5 Å². The normalized spacial score (nSPS) is 10.8. The molecule has 6 nitrogen and oxygen atoms in total. The van der Waals surface area contributed by atoms with Gasteiger partial charge in [0.1, 0.15) is 21.9 Å². The fourth-order valence-corrected chi connectivity index (χ4v) is 3.00. The first-order valence-corrected chi connectivity index (χ1v) is 8.68. The number of fused-ring (bicyclic) bond motifs is 1. The molecule has 0 fully saturated rings. The molecule has 0 bridgehead atoms. The van der Waals surface area contributed by atoms with Gasteiger partial charge in [-0.05, 0) is 25.1 Å². The lowest BCUT2D eigenvalue weighted by atomic mass is 10.1. The highest BCUT2D eigenvalue weighted by molar-refractivity contribution is 7.67. The van der Waals surface area contributed by atoms with Gasteiger partial charge in [0, 0.05) is 31.9 Å². The van der Waals surface area contributed by atoms with E-state index < -0.39 is 0 Å². The molecule has 0 spiro atoms. The lowest BCUT2D eigenvalue weighted by Crippen LogP contribution is -2.11. The Morgan fingerprint density at radius 1 is 1.24 bits per heavy atom. The zero-order valence-corrected chi connectivity index (χ0v) is 14.9. The maximum Gasteiger partial charge on any atom is 0.154 e. The number of nitrogens with zero attached hydrogens (tertiary/aromatic N) is 2. The van der Waals surface area contributed by atoms with Crippen LogP contribution in [-0.4, -0.2) is 44.3 Å². The Hall–Kier alpha value is -2.51. The Morgan fingerprint density at radius 2 is 2.08 bits per heavy atom. The second-order valence-corrected chi connectivity index (χ2v) is 6.07. The number of methoxy groups -OCH3 is 1. The van der Waals surface area contributed by atoms with Gasteiger partial charge in [0.2, 0.25) is 0 Å². The lowest BCUT2D eigenvalue weighted by Gasteiger charge is -2.11. The standard InChI is InChI=1S/C18H19N3O3S/c1-12-15(24-11-5-10-23-2)8-9-19-16(12)17(25-22)18-20-13-6-3-4-7-14(13)21-18/h3-4,6-9H,5,10-11H2,1-2H3,(H,20,21). The van der Waals surface area contributed by atoms with Crippen LogP contribution in [0.1, 0.15) is 23.5 Å². The number of hydrogen-bond acceptors (Lipinski definition) is 5. The summed E-state index contributed by atoms with van der Waals surface area (Å²) in [6.45, 7) is 3.08. The van der Waals surface area contributed by atoms with Crippen molar-refractivity contribution in [2.45, 2.75) is 13.3 Å². The molecule has 3 rings (SSSR count). The number of hydrogen-bond donors (Lipinski definition) is 1. The van der Waals surface area contributed by atoms with Crippen LogP contribution in [0.2, 0.25) is 0 Å². The van der Waals surface area contributed by atoms with Crippen molar-refractivity contribution in [3.63, 3.8) is 0 Å². The molecule has 2 aromatic heterocycles. The second-order valence-electron chi connectivity index (χ2n) is 5.49. The zero-order chi connectivity index (χ0) is 17.6. The third kappa shape index (κ3) is 3.78. The summed E-state index contributed by atoms with van der Waals surface area (Å²) < 4.78 is 22.6. The van der Waals surface area contributed by atoms with Gasteiger partial charge in [-0.2, -0.15) is 0 Å². The molecule has 25 heavy (non-hydrogen) atoms. The highest BCUT2D eigenvalue weighted by Gasteiger charge is 2.17. The summed E-state index contributed by atoms with van der Waals surface area (Å²) in [4.78, 5) is 12.5. The van der Waals surface area contributed by atoms with Crippen LogP contribution in [0, 0.1) is 6.92 Å². The van der Waals surface area contributed by atoms with Gasteiger partial charge in [0.05, 0.1) is 23.3 Å². The highest BCUT2D eigenvalue weighted by atomic mass is 32.1. The summed E-state index contributed by atoms with van der Waals surface area (Å²) in [7, 11) is 1.66. The van der Waals surface area contributed by atoms with E-state index in [2.05, 4.69) is 15.0 Å². The monoisotopic (exact) mass is 357 g/mol. The molecule has 0 saturated heterocycles. The molecule has 0 aliphatic heterocycles. The summed E-state index contributed by atoms with van der Waals surface area (Å²) in [5.41, 5.74) is 3.10. The van der Waals surface area contributed by atoms with Crippen molar-refractivity contribution in [2.24, 2.45) is 0 Å². The van der Waals surface area contributed by atoms with E-state index >= 15 is 0 Å². The Bertz CT molecular complexity index is 899. The van der Waals surface area contributed by atoms with Crippen molar-refractivity contribution in [1.29, 1.82) is 0 Å². The van der Waals surface area contributed by atoms with Crippen molar-refractivity contribution >= 4 is 27.2 Å². The van der Waals surface area contributed by atoms with E-state index in [1.165, 1.54) is 0 Å². The van der Waals surface area contributed by atoms with E-state index in [1.807, 2.05) is 31.2 Å². The molecule has 0 radical (unpaired) electrons. The molecule has 1 N–H and O–H groups in total. The summed E-state index contributed by atoms with van der Waals surface area (Å²) in [5, 5.41) is 0. The molecule has 0 unspecified atom stereocenters. The van der Waals surface area contributed by atoms with Crippen LogP contribution in [-0.2, 0) is 16.0 Å². The van der Waals surface area contributed by atoms with Crippen LogP contribution in [0.4, 0.5) is 0 Å². The van der Waals surface area contributed by atoms with E-state index in [1.54, 1.807) is 19.4 Å². The molecule has 0 amide bonds. The molecule has 0 atom stereocenters. The Balaban J connectivity index is 1.92. The molecular weight excluding hydrogens is 338 g/mol. The first-order valence-electron chi connectivity index (χ1n) is 7.94. The maximum atomic E-state index is 11.8. The molecule has 1 aromatic carbocycles. The minimum Gasteiger partial charge on any atom is -0.493 e. The lowest BCUT2D eigenvalue weighted by molar-refractivity contribution is 0.172. The number of imidazole rings is 1. The van der Waals surface area contributed by atoms with Crippen LogP contribution in [0.3, 0.4) is 0 Å². The Labute approximate surface area is 149 Å². The summed E-state index contributed by atoms with van der Waals surface area (Å²) in [5.74, 6) is 1.23. The first kappa shape index (κ1) is 17.3. The first-order chi connectivity index (χ1) is 12.2. The SMILES string of the molecule is COCCCOc1ccnc(C(=S=O)c2nc3ccccc3[nH]2)c1C. The van der Waals surface area contributed by atoms with E-state index in [9.17, 15) is 4.21 Å². The minimum atomic E-state index is 0.381. The van der Waals surface area contributed by atoms with Crippen molar-refractivity contribution < 1.29 is 13.7 Å². The zero-order valence-electron chi connectivity index (χ0n) is 14.1. The van der Waals surface area contributed by atoms with E-state index in [0.29, 0.717) is 46.6 Å². The fourth-order valence-electron chi connectivity index (χ4n) is 2.54. The number of benzene rings is 1. The van der Waals surface area contributed by atoms with Crippen LogP contribution >= 0.6 is 0 Å². The summed E-state index contributed by atoms with van der Waals surface area (Å²) >= 11 is 0.381. The topological polar surface area (TPSA) is 77.1 Å². The Kier molecular flexibility index (Phi) is 5.57. The van der Waals surface area contributed by atoms with Crippen LogP contribution in [0.5, 0.6) is 5.75 Å². The minimum absolute atomic E-state index is 0.381. The van der Waals surface area contributed by atoms with Gasteiger partial charge in [-0.25, -0.2) is 9.19 Å². The average molecular weight is 357 g/mol. The molecule has 0 saturated carbocycles. The van der Waals surface area contributed by atoms with Gasteiger partial charge < -0.3 is 14.5 Å². The fraction of sp³-hybridized carbons (Fsp3) is 0.278. The number of ether oxygens (including phenoxy) is 2. The van der Waals surface area contributed by atoms with E-state index in [4.69, 9.17) is 9.47 Å². The van der Waals surface area contributed by atoms with E-state index in [-0.39, 0.29) is 0 Å². The maximum absolute atomic E-state index is 11.8. The number of nitrogens with one attached hydrogen (secondary N) is 1. The molecule has 2 heterocycles. The second kappa shape index (κ2) is 8.04. The summed E-state index contributed by atoms with van der Waals surface area (Å²) in [6.07, 6.45) is 2.44. The number of pyridine rings is 1. The number of aromatic amines is 1. The quantitative estimate of drug-likeness (QED) is 0.399. The Morgan fingerprint density at radius 3 is 2.84 bits per heavy atom. The third-order valence-electron chi connectivity index (χ3n) is 3.81. The average Bonchev–Trinajstić information content (AvgIpc) is 3.05. The number of para-hydroxylation sites is 2. The van der Waals surface area contributed by atoms with Gasteiger partial charge >= 0.3 is 0 Å². The van der Waals surface area contributed by atoms with Crippen LogP contribution < -0.4 is 4.74 Å². The predicted octanol–water partition coefficient (Wildman–Crippen LogP) is 2.46. The van der Waals surface area contributed by atoms with Gasteiger partial charge in [-0.15, -0.1) is 0 Å². The van der Waals surface area contributed by atoms with E-state index in [0.717, 1.165) is 23.0 Å². The van der Waals surface area contributed by atoms with Crippen molar-refractivity contribution in [3.8, 4) is 5.75 Å². The highest BCUT2D eigenvalue weighted by Crippen LogP contribution is 2.22. The van der Waals surface area contributed by atoms with Crippen molar-refractivity contribution in [3.05, 3.63) is 53.6 Å². The molecule has 3 aromatic rings. The predicted molar refractivity (Wildman–Crippen MR) is 98.4 cm³/mol. The molecule has 0 aliphatic carbocycles. The molecular formula is C18H19N3O3S. The van der Waals surface area contributed by atoms with Crippen molar-refractivity contribution in [1.82, 2.24) is 15.0 Å².